The summed E-state index contributed by atoms with van der Waals surface area (Å²) in [4.78, 5) is 20.4. The Balaban J connectivity index is 1.28. The number of amides is 1. The minimum Gasteiger partial charge on any atom is -0.324 e. The first-order valence-electron chi connectivity index (χ1n) is 11.1. The first kappa shape index (κ1) is 20.7. The summed E-state index contributed by atoms with van der Waals surface area (Å²) in [6.45, 7) is 1.35. The summed E-state index contributed by atoms with van der Waals surface area (Å²) in [6, 6.07) is 15.3. The van der Waals surface area contributed by atoms with Crippen LogP contribution < -0.4 is 5.32 Å². The van der Waals surface area contributed by atoms with Gasteiger partial charge < -0.3 is 4.98 Å². The third-order valence-corrected chi connectivity index (χ3v) is 5.53. The molecule has 2 heterocycles. The van der Waals surface area contributed by atoms with Gasteiger partial charge in [0.05, 0.1) is 29.8 Å². The average molecular weight is 436 g/mol. The Kier molecular flexibility index (Phi) is 5.97. The molecule has 6 heteroatoms. The van der Waals surface area contributed by atoms with E-state index in [1.54, 1.807) is 0 Å². The van der Waals surface area contributed by atoms with Crippen LogP contribution >= 0.6 is 0 Å². The minimum atomic E-state index is -0.198. The Morgan fingerprint density at radius 3 is 2.91 bits per heavy atom. The van der Waals surface area contributed by atoms with E-state index in [0.29, 0.717) is 18.1 Å². The molecule has 164 valence electrons. The topological polar surface area (TPSA) is 73.4 Å². The molecule has 5 rings (SSSR count). The van der Waals surface area contributed by atoms with E-state index in [9.17, 15) is 4.79 Å². The number of anilines is 1. The van der Waals surface area contributed by atoms with Gasteiger partial charge in [0.15, 0.2) is 0 Å². The van der Waals surface area contributed by atoms with Crippen LogP contribution in [0.2, 0.25) is 0 Å². The molecule has 0 atom stereocenters. The second-order valence-electron chi connectivity index (χ2n) is 8.02. The lowest BCUT2D eigenvalue weighted by Gasteiger charge is -2.22. The van der Waals surface area contributed by atoms with Gasteiger partial charge in [-0.05, 0) is 54.3 Å². The molecule has 33 heavy (non-hydrogen) atoms. The lowest BCUT2D eigenvalue weighted by molar-refractivity contribution is 0.102. The second-order valence-corrected chi connectivity index (χ2v) is 8.02. The van der Waals surface area contributed by atoms with Crippen LogP contribution in [0.1, 0.15) is 28.8 Å². The van der Waals surface area contributed by atoms with Crippen molar-refractivity contribution in [2.45, 2.75) is 19.4 Å². The van der Waals surface area contributed by atoms with E-state index in [1.165, 1.54) is 0 Å². The van der Waals surface area contributed by atoms with Crippen LogP contribution in [0.15, 0.2) is 102 Å². The highest BCUT2D eigenvalue weighted by atomic mass is 16.1. The van der Waals surface area contributed by atoms with Crippen molar-refractivity contribution >= 4 is 28.6 Å². The average Bonchev–Trinajstić information content (AvgIpc) is 3.21. The predicted molar refractivity (Wildman–Crippen MR) is 133 cm³/mol. The van der Waals surface area contributed by atoms with Crippen molar-refractivity contribution < 1.29 is 4.79 Å². The molecule has 1 amide bonds. The van der Waals surface area contributed by atoms with Crippen LogP contribution in [-0.4, -0.2) is 33.1 Å². The zero-order valence-electron chi connectivity index (χ0n) is 18.2. The molecule has 1 aliphatic carbocycles. The fourth-order valence-electron chi connectivity index (χ4n) is 3.91. The molecule has 0 saturated carbocycles. The fraction of sp³-hybridized carbons (Fsp3) is 0.148. The lowest BCUT2D eigenvalue weighted by atomic mass is 10.0. The van der Waals surface area contributed by atoms with Crippen molar-refractivity contribution in [2.24, 2.45) is 5.10 Å². The normalized spacial score (nSPS) is 15.7. The molecule has 1 aromatic heterocycles. The van der Waals surface area contributed by atoms with E-state index < -0.39 is 0 Å². The van der Waals surface area contributed by atoms with E-state index in [2.05, 4.69) is 57.8 Å². The molecular weight excluding hydrogens is 410 g/mol. The SMILES string of the molecule is O=C(Nc1nc2ccccc2[nH]1)c1cccc(CN2CC=CC(C3=CCCC=CC=C3)=N2)c1. The Hall–Kier alpha value is -4.19. The van der Waals surface area contributed by atoms with Crippen molar-refractivity contribution in [3.8, 4) is 0 Å². The maximum Gasteiger partial charge on any atom is 0.257 e. The van der Waals surface area contributed by atoms with Gasteiger partial charge in [-0.25, -0.2) is 4.98 Å². The Labute approximate surface area is 192 Å². The quantitative estimate of drug-likeness (QED) is 0.565. The lowest BCUT2D eigenvalue weighted by Crippen LogP contribution is -2.23. The molecule has 0 radical (unpaired) electrons. The number of nitrogens with one attached hydrogen (secondary N) is 2. The molecule has 6 nitrogen and oxygen atoms in total. The molecule has 0 saturated heterocycles. The number of aromatic nitrogens is 2. The van der Waals surface area contributed by atoms with Gasteiger partial charge in [0.25, 0.3) is 5.91 Å². The third kappa shape index (κ3) is 5.01. The van der Waals surface area contributed by atoms with E-state index in [0.717, 1.165) is 47.3 Å². The molecule has 0 unspecified atom stereocenters. The highest BCUT2D eigenvalue weighted by molar-refractivity contribution is 6.10. The number of aromatic amines is 1. The molecule has 0 bridgehead atoms. The highest BCUT2D eigenvalue weighted by Crippen LogP contribution is 2.17. The molecular formula is C27H25N5O. The number of hydrogen-bond acceptors (Lipinski definition) is 4. The van der Waals surface area contributed by atoms with Crippen molar-refractivity contribution in [1.29, 1.82) is 0 Å². The van der Waals surface area contributed by atoms with Gasteiger partial charge in [-0.2, -0.15) is 5.10 Å². The zero-order valence-corrected chi connectivity index (χ0v) is 18.2. The van der Waals surface area contributed by atoms with E-state index in [-0.39, 0.29) is 5.91 Å². The summed E-state index contributed by atoms with van der Waals surface area (Å²) >= 11 is 0. The third-order valence-electron chi connectivity index (χ3n) is 5.53. The number of imidazole rings is 1. The van der Waals surface area contributed by atoms with E-state index in [1.807, 2.05) is 53.5 Å². The molecule has 0 spiro atoms. The number of carbonyl (C=O) groups excluding carboxylic acids is 1. The van der Waals surface area contributed by atoms with Gasteiger partial charge in [0, 0.05) is 5.56 Å². The van der Waals surface area contributed by atoms with Crippen LogP contribution in [0.4, 0.5) is 5.95 Å². The molecule has 2 N–H and O–H groups in total. The maximum atomic E-state index is 12.8. The van der Waals surface area contributed by atoms with Crippen LogP contribution in [0, 0.1) is 0 Å². The Morgan fingerprint density at radius 2 is 1.97 bits per heavy atom. The van der Waals surface area contributed by atoms with Gasteiger partial charge in [-0.3, -0.25) is 15.1 Å². The van der Waals surface area contributed by atoms with Crippen LogP contribution in [0.5, 0.6) is 0 Å². The monoisotopic (exact) mass is 435 g/mol. The van der Waals surface area contributed by atoms with Crippen molar-refractivity contribution in [3.63, 3.8) is 0 Å². The van der Waals surface area contributed by atoms with Gasteiger partial charge in [0.2, 0.25) is 5.95 Å². The largest absolute Gasteiger partial charge is 0.324 e. The van der Waals surface area contributed by atoms with Gasteiger partial charge in [0.1, 0.15) is 0 Å². The van der Waals surface area contributed by atoms with Crippen molar-refractivity contribution in [2.75, 3.05) is 11.9 Å². The molecule has 1 aliphatic heterocycles. The number of hydrazone groups is 1. The number of H-pyrrole nitrogens is 1. The van der Waals surface area contributed by atoms with E-state index in [4.69, 9.17) is 5.10 Å². The van der Waals surface area contributed by atoms with Crippen LogP contribution in [0.3, 0.4) is 0 Å². The molecule has 3 aromatic rings. The Bertz CT molecular complexity index is 1290. The summed E-state index contributed by atoms with van der Waals surface area (Å²) in [7, 11) is 0. The Morgan fingerprint density at radius 1 is 1.03 bits per heavy atom. The number of carbonyl (C=O) groups is 1. The summed E-state index contributed by atoms with van der Waals surface area (Å²) < 4.78 is 0. The maximum absolute atomic E-state index is 12.8. The van der Waals surface area contributed by atoms with Crippen molar-refractivity contribution in [3.05, 3.63) is 108 Å². The van der Waals surface area contributed by atoms with Gasteiger partial charge in [-0.1, -0.05) is 60.7 Å². The number of fused-ring (bicyclic) bond motifs is 1. The number of para-hydroxylation sites is 2. The highest BCUT2D eigenvalue weighted by Gasteiger charge is 2.13. The standard InChI is InChI=1S/C27H25N5O/c33-26(30-27-28-24-14-6-7-15-25(24)29-27)22-13-8-10-20(18-22)19-32-17-9-16-23(31-32)21-11-4-2-1-3-5-12-21/h1-2,4,6-16,18H,3,5,17,19H2,(H2,28,29,30,33). The van der Waals surface area contributed by atoms with Crippen LogP contribution in [-0.2, 0) is 6.54 Å². The van der Waals surface area contributed by atoms with Crippen LogP contribution in [0.25, 0.3) is 11.0 Å². The fourth-order valence-corrected chi connectivity index (χ4v) is 3.91. The second kappa shape index (κ2) is 9.53. The zero-order chi connectivity index (χ0) is 22.5. The van der Waals surface area contributed by atoms with Gasteiger partial charge in [-0.15, -0.1) is 0 Å². The number of benzene rings is 2. The predicted octanol–water partition coefficient (Wildman–Crippen LogP) is 5.38. The molecule has 2 aliphatic rings. The number of rotatable bonds is 5. The number of nitrogens with zero attached hydrogens (tertiary/aromatic N) is 3. The summed E-state index contributed by atoms with van der Waals surface area (Å²) in [5, 5.41) is 9.73. The summed E-state index contributed by atoms with van der Waals surface area (Å²) in [5.41, 5.74) is 5.42. The molecule has 0 fully saturated rings. The summed E-state index contributed by atoms with van der Waals surface area (Å²) in [5.74, 6) is 0.244. The smallest absolute Gasteiger partial charge is 0.257 e. The van der Waals surface area contributed by atoms with E-state index >= 15 is 0 Å². The number of hydrogen-bond donors (Lipinski definition) is 2. The van der Waals surface area contributed by atoms with Crippen molar-refractivity contribution in [1.82, 2.24) is 15.0 Å². The number of allylic oxidation sites excluding steroid dienone is 7. The minimum absolute atomic E-state index is 0.198. The first-order valence-corrected chi connectivity index (χ1v) is 11.1. The molecule has 2 aromatic carbocycles. The summed E-state index contributed by atoms with van der Waals surface area (Å²) in [6.07, 6.45) is 16.9. The first-order chi connectivity index (χ1) is 16.2. The van der Waals surface area contributed by atoms with Gasteiger partial charge >= 0.3 is 0 Å².